The van der Waals surface area contributed by atoms with Crippen molar-refractivity contribution in [1.82, 2.24) is 19.7 Å². The van der Waals surface area contributed by atoms with Gasteiger partial charge in [0.05, 0.1) is 17.3 Å². The highest BCUT2D eigenvalue weighted by molar-refractivity contribution is 5.93. The summed E-state index contributed by atoms with van der Waals surface area (Å²) in [6.07, 6.45) is 5.81. The van der Waals surface area contributed by atoms with Crippen LogP contribution in [-0.2, 0) is 6.54 Å². The zero-order valence-electron chi connectivity index (χ0n) is 17.2. The second kappa shape index (κ2) is 7.90. The van der Waals surface area contributed by atoms with Crippen molar-refractivity contribution in [1.29, 1.82) is 5.26 Å². The maximum atomic E-state index is 14.7. The van der Waals surface area contributed by atoms with Crippen molar-refractivity contribution < 1.29 is 9.18 Å². The molecule has 3 N–H and O–H groups in total. The third-order valence-corrected chi connectivity index (χ3v) is 6.29. The van der Waals surface area contributed by atoms with E-state index in [-0.39, 0.29) is 22.9 Å². The molecule has 8 heteroatoms. The Morgan fingerprint density at radius 2 is 2.13 bits per heavy atom. The molecule has 0 spiro atoms. The van der Waals surface area contributed by atoms with Gasteiger partial charge in [0, 0.05) is 18.0 Å². The van der Waals surface area contributed by atoms with E-state index in [4.69, 9.17) is 11.0 Å². The van der Waals surface area contributed by atoms with Crippen LogP contribution in [0.1, 0.15) is 72.9 Å². The normalized spacial score (nSPS) is 20.2. The van der Waals surface area contributed by atoms with Gasteiger partial charge in [-0.2, -0.15) is 10.4 Å². The highest BCUT2D eigenvalue weighted by Crippen LogP contribution is 2.42. The summed E-state index contributed by atoms with van der Waals surface area (Å²) in [7, 11) is 0. The number of hydrogen-bond donors (Lipinski definition) is 2. The topological polar surface area (TPSA) is 113 Å². The van der Waals surface area contributed by atoms with Crippen LogP contribution in [0.2, 0.25) is 0 Å². The highest BCUT2D eigenvalue weighted by Gasteiger charge is 2.35. The minimum atomic E-state index is -0.632. The van der Waals surface area contributed by atoms with E-state index in [0.29, 0.717) is 29.5 Å². The number of imidazole rings is 1. The van der Waals surface area contributed by atoms with Crippen molar-refractivity contribution in [2.75, 3.05) is 0 Å². The smallest absolute Gasteiger partial charge is 0.267 e. The van der Waals surface area contributed by atoms with Crippen LogP contribution in [0.5, 0.6) is 0 Å². The molecule has 1 amide bonds. The Bertz CT molecular complexity index is 1130. The second-order valence-corrected chi connectivity index (χ2v) is 8.18. The van der Waals surface area contributed by atoms with E-state index in [9.17, 15) is 9.18 Å². The van der Waals surface area contributed by atoms with Crippen molar-refractivity contribution in [3.63, 3.8) is 0 Å². The van der Waals surface area contributed by atoms with Crippen LogP contribution in [0.15, 0.2) is 18.3 Å². The second-order valence-electron chi connectivity index (χ2n) is 8.18. The summed E-state index contributed by atoms with van der Waals surface area (Å²) in [6.45, 7) is 4.67. The van der Waals surface area contributed by atoms with Gasteiger partial charge in [0.1, 0.15) is 23.1 Å². The van der Waals surface area contributed by atoms with Crippen LogP contribution in [0.4, 0.5) is 4.39 Å². The molecular weight excluding hydrogens is 383 g/mol. The summed E-state index contributed by atoms with van der Waals surface area (Å²) in [5, 5.41) is 13.5. The number of aromatic nitrogens is 4. The van der Waals surface area contributed by atoms with Gasteiger partial charge in [0.15, 0.2) is 5.82 Å². The first-order chi connectivity index (χ1) is 14.4. The number of aromatic amines is 1. The fourth-order valence-corrected chi connectivity index (χ4v) is 4.68. The van der Waals surface area contributed by atoms with Crippen LogP contribution >= 0.6 is 0 Å². The molecule has 156 valence electrons. The monoisotopic (exact) mass is 408 g/mol. The van der Waals surface area contributed by atoms with E-state index in [1.54, 1.807) is 16.9 Å². The molecule has 1 aliphatic carbocycles. The van der Waals surface area contributed by atoms with Crippen molar-refractivity contribution in [3.8, 4) is 6.07 Å². The first-order valence-corrected chi connectivity index (χ1v) is 10.4. The first-order valence-electron chi connectivity index (χ1n) is 10.4. The number of nitrogens with zero attached hydrogens (tertiary/aromatic N) is 4. The van der Waals surface area contributed by atoms with E-state index >= 15 is 0 Å². The van der Waals surface area contributed by atoms with E-state index in [1.807, 2.05) is 13.0 Å². The molecule has 1 fully saturated rings. The molecule has 3 aromatic rings. The van der Waals surface area contributed by atoms with Gasteiger partial charge in [-0.1, -0.05) is 19.8 Å². The molecule has 30 heavy (non-hydrogen) atoms. The van der Waals surface area contributed by atoms with Crippen LogP contribution in [0.25, 0.3) is 11.0 Å². The number of fused-ring (bicyclic) bond motifs is 1. The standard InChI is InChI=1S/C22H25FN6O/c1-3-29-20(21(25)30)15(11-26-29)17(13-6-4-12(2)5-7-13)22-27-16-9-8-14(10-24)18(23)19(16)28-22/h8-9,11-13,17H,3-7H2,1-2H3,(H2,25,30)(H,27,28)/t12?,13?,17-/m0/s1. The Morgan fingerprint density at radius 1 is 1.40 bits per heavy atom. The Labute approximate surface area is 174 Å². The lowest BCUT2D eigenvalue weighted by Crippen LogP contribution is -2.25. The van der Waals surface area contributed by atoms with Gasteiger partial charge in [-0.25, -0.2) is 9.37 Å². The van der Waals surface area contributed by atoms with Gasteiger partial charge in [0.2, 0.25) is 0 Å². The summed E-state index contributed by atoms with van der Waals surface area (Å²) in [5.41, 5.74) is 7.44. The largest absolute Gasteiger partial charge is 0.364 e. The molecule has 4 rings (SSSR count). The van der Waals surface area contributed by atoms with E-state index in [1.165, 1.54) is 6.07 Å². The third-order valence-electron chi connectivity index (χ3n) is 6.29. The maximum Gasteiger partial charge on any atom is 0.267 e. The van der Waals surface area contributed by atoms with Gasteiger partial charge in [-0.15, -0.1) is 0 Å². The van der Waals surface area contributed by atoms with Gasteiger partial charge in [-0.05, 0) is 43.7 Å². The summed E-state index contributed by atoms with van der Waals surface area (Å²) in [6, 6.07) is 4.97. The maximum absolute atomic E-state index is 14.7. The van der Waals surface area contributed by atoms with Crippen LogP contribution < -0.4 is 5.73 Å². The number of nitrogens with two attached hydrogens (primary N) is 1. The molecular formula is C22H25FN6O. The fraction of sp³-hybridized carbons (Fsp3) is 0.455. The average molecular weight is 408 g/mol. The molecule has 1 saturated carbocycles. The van der Waals surface area contributed by atoms with E-state index < -0.39 is 11.7 Å². The lowest BCUT2D eigenvalue weighted by atomic mass is 9.73. The number of primary amides is 1. The number of rotatable bonds is 5. The lowest BCUT2D eigenvalue weighted by Gasteiger charge is -2.31. The van der Waals surface area contributed by atoms with Crippen LogP contribution in [0.3, 0.4) is 0 Å². The fourth-order valence-electron chi connectivity index (χ4n) is 4.68. The number of benzene rings is 1. The van der Waals surface area contributed by atoms with E-state index in [2.05, 4.69) is 22.0 Å². The molecule has 1 aromatic carbocycles. The number of H-pyrrole nitrogens is 1. The summed E-state index contributed by atoms with van der Waals surface area (Å²) < 4.78 is 16.3. The molecule has 1 aliphatic rings. The van der Waals surface area contributed by atoms with Crippen molar-refractivity contribution in [2.45, 2.75) is 52.0 Å². The number of carbonyl (C=O) groups is 1. The summed E-state index contributed by atoms with van der Waals surface area (Å²) in [5.74, 6) is 0.0462. The number of aryl methyl sites for hydroxylation is 1. The molecule has 0 aliphatic heterocycles. The molecule has 0 unspecified atom stereocenters. The van der Waals surface area contributed by atoms with Crippen molar-refractivity contribution in [3.05, 3.63) is 46.8 Å². The zero-order valence-corrected chi connectivity index (χ0v) is 17.2. The zero-order chi connectivity index (χ0) is 21.4. The lowest BCUT2D eigenvalue weighted by molar-refractivity contribution is 0.0988. The number of halogens is 1. The predicted octanol–water partition coefficient (Wildman–Crippen LogP) is 3.85. The SMILES string of the molecule is CCn1ncc([C@@H](c2nc3c(F)c(C#N)ccc3[nH]2)C2CCC(C)CC2)c1C(N)=O. The van der Waals surface area contributed by atoms with E-state index in [0.717, 1.165) is 31.2 Å². The molecule has 7 nitrogen and oxygen atoms in total. The van der Waals surface area contributed by atoms with Gasteiger partial charge in [0.25, 0.3) is 5.91 Å². The Morgan fingerprint density at radius 3 is 2.77 bits per heavy atom. The van der Waals surface area contributed by atoms with Crippen LogP contribution in [0, 0.1) is 29.0 Å². The van der Waals surface area contributed by atoms with Crippen LogP contribution in [-0.4, -0.2) is 25.7 Å². The Balaban J connectivity index is 1.88. The number of carbonyl (C=O) groups excluding carboxylic acids is 1. The summed E-state index contributed by atoms with van der Waals surface area (Å²) in [4.78, 5) is 20.1. The average Bonchev–Trinajstić information content (AvgIpc) is 3.35. The minimum absolute atomic E-state index is 0.0415. The Kier molecular flexibility index (Phi) is 5.29. The Hall–Kier alpha value is -3.21. The molecule has 2 aromatic heterocycles. The quantitative estimate of drug-likeness (QED) is 0.667. The molecule has 0 radical (unpaired) electrons. The third kappa shape index (κ3) is 3.34. The molecule has 1 atom stereocenters. The van der Waals surface area contributed by atoms with Crippen molar-refractivity contribution in [2.24, 2.45) is 17.6 Å². The van der Waals surface area contributed by atoms with Gasteiger partial charge in [-0.3, -0.25) is 9.48 Å². The number of nitrogens with one attached hydrogen (secondary N) is 1. The van der Waals surface area contributed by atoms with Crippen molar-refractivity contribution >= 4 is 16.9 Å². The minimum Gasteiger partial charge on any atom is -0.364 e. The molecule has 2 heterocycles. The number of hydrogen-bond acceptors (Lipinski definition) is 4. The first kappa shape index (κ1) is 20.1. The number of nitriles is 1. The summed E-state index contributed by atoms with van der Waals surface area (Å²) >= 11 is 0. The number of amides is 1. The molecule has 0 bridgehead atoms. The highest BCUT2D eigenvalue weighted by atomic mass is 19.1. The van der Waals surface area contributed by atoms with Gasteiger partial charge < -0.3 is 10.7 Å². The predicted molar refractivity (Wildman–Crippen MR) is 110 cm³/mol. The van der Waals surface area contributed by atoms with Gasteiger partial charge >= 0.3 is 0 Å². The molecule has 0 saturated heterocycles.